The van der Waals surface area contributed by atoms with Crippen LogP contribution in [0.3, 0.4) is 0 Å². The maximum absolute atomic E-state index is 13.5. The van der Waals surface area contributed by atoms with Crippen molar-refractivity contribution in [1.29, 1.82) is 0 Å². The van der Waals surface area contributed by atoms with E-state index >= 15 is 0 Å². The molecule has 0 heterocycles. The van der Waals surface area contributed by atoms with Gasteiger partial charge in [0.15, 0.2) is 0 Å². The van der Waals surface area contributed by atoms with Crippen molar-refractivity contribution < 1.29 is 17.6 Å². The summed E-state index contributed by atoms with van der Waals surface area (Å²) in [7, 11) is -3.84. The van der Waals surface area contributed by atoms with E-state index in [4.69, 9.17) is 23.2 Å². The molecule has 0 radical (unpaired) electrons. The molecule has 0 spiro atoms. The van der Waals surface area contributed by atoms with Crippen LogP contribution in [0.25, 0.3) is 0 Å². The van der Waals surface area contributed by atoms with Gasteiger partial charge in [-0.3, -0.25) is 9.10 Å². The third-order valence-electron chi connectivity index (χ3n) is 3.93. The number of aryl methyl sites for hydroxylation is 1. The monoisotopic (exact) mass is 432 g/mol. The molecule has 0 aliphatic rings. The van der Waals surface area contributed by atoms with Crippen LogP contribution in [0, 0.1) is 12.7 Å². The molecule has 0 saturated carbocycles. The molecule has 0 fully saturated rings. The Morgan fingerprint density at radius 1 is 1.22 bits per heavy atom. The second-order valence-corrected chi connectivity index (χ2v) is 8.73. The van der Waals surface area contributed by atoms with E-state index in [2.05, 4.69) is 5.32 Å². The summed E-state index contributed by atoms with van der Waals surface area (Å²) in [5, 5.41) is 3.02. The van der Waals surface area contributed by atoms with Crippen LogP contribution in [-0.2, 0) is 14.8 Å². The van der Waals surface area contributed by atoms with Gasteiger partial charge in [-0.25, -0.2) is 12.8 Å². The number of nitrogens with one attached hydrogen (secondary N) is 1. The predicted molar refractivity (Wildman–Crippen MR) is 108 cm³/mol. The largest absolute Gasteiger partial charge is 0.324 e. The lowest BCUT2D eigenvalue weighted by Gasteiger charge is -2.30. The van der Waals surface area contributed by atoms with E-state index in [0.717, 1.165) is 22.2 Å². The lowest BCUT2D eigenvalue weighted by Crippen LogP contribution is -2.47. The minimum atomic E-state index is -3.84. The van der Waals surface area contributed by atoms with Crippen molar-refractivity contribution in [3.8, 4) is 0 Å². The number of benzene rings is 2. The Kier molecular flexibility index (Phi) is 6.72. The number of hydrogen-bond acceptors (Lipinski definition) is 3. The summed E-state index contributed by atoms with van der Waals surface area (Å²) >= 11 is 11.7. The van der Waals surface area contributed by atoms with Gasteiger partial charge >= 0.3 is 0 Å². The van der Waals surface area contributed by atoms with E-state index in [1.165, 1.54) is 12.1 Å². The fraction of sp³-hybridized carbons (Fsp3) is 0.278. The van der Waals surface area contributed by atoms with Gasteiger partial charge in [-0.15, -0.1) is 0 Å². The molecule has 0 unspecified atom stereocenters. The number of hydrogen-bond donors (Lipinski definition) is 1. The average molecular weight is 433 g/mol. The number of nitrogens with zero attached hydrogens (tertiary/aromatic N) is 1. The van der Waals surface area contributed by atoms with E-state index in [1.807, 2.05) is 0 Å². The molecule has 2 aromatic carbocycles. The molecule has 146 valence electrons. The standard InChI is InChI=1S/C18H19Cl2FN2O3S/c1-4-17(18(24)22-16-8-5-12(19)9-11(16)2)23(27(3,25)26)13-6-7-15(21)14(20)10-13/h5-10,17H,4H2,1-3H3,(H,22,24)/t17-/m1/s1. The van der Waals surface area contributed by atoms with Crippen molar-refractivity contribution in [2.24, 2.45) is 0 Å². The minimum absolute atomic E-state index is 0.110. The number of rotatable bonds is 6. The van der Waals surface area contributed by atoms with Gasteiger partial charge in [-0.2, -0.15) is 0 Å². The molecule has 0 aliphatic carbocycles. The van der Waals surface area contributed by atoms with E-state index in [1.54, 1.807) is 32.0 Å². The Morgan fingerprint density at radius 2 is 1.89 bits per heavy atom. The maximum Gasteiger partial charge on any atom is 0.248 e. The summed E-state index contributed by atoms with van der Waals surface area (Å²) in [6, 6.07) is 7.42. The molecular weight excluding hydrogens is 414 g/mol. The second kappa shape index (κ2) is 8.46. The van der Waals surface area contributed by atoms with Gasteiger partial charge in [0.25, 0.3) is 0 Å². The summed E-state index contributed by atoms with van der Waals surface area (Å²) in [4.78, 5) is 12.8. The summed E-state index contributed by atoms with van der Waals surface area (Å²) in [6.07, 6.45) is 1.17. The highest BCUT2D eigenvalue weighted by Gasteiger charge is 2.32. The molecule has 2 rings (SSSR count). The van der Waals surface area contributed by atoms with Crippen LogP contribution in [-0.4, -0.2) is 26.6 Å². The first kappa shape index (κ1) is 21.5. The number of carbonyl (C=O) groups excluding carboxylic acids is 1. The SMILES string of the molecule is CC[C@H](C(=O)Nc1ccc(Cl)cc1C)N(c1ccc(F)c(Cl)c1)S(C)(=O)=O. The number of anilines is 2. The molecule has 2 aromatic rings. The summed E-state index contributed by atoms with van der Waals surface area (Å²) in [5.74, 6) is -1.20. The van der Waals surface area contributed by atoms with Crippen LogP contribution in [0.5, 0.6) is 0 Å². The third-order valence-corrected chi connectivity index (χ3v) is 5.64. The summed E-state index contributed by atoms with van der Waals surface area (Å²) in [6.45, 7) is 3.46. The molecule has 0 saturated heterocycles. The zero-order valence-corrected chi connectivity index (χ0v) is 17.3. The van der Waals surface area contributed by atoms with Gasteiger partial charge in [-0.05, 0) is 55.3 Å². The Hall–Kier alpha value is -1.83. The number of carbonyl (C=O) groups is 1. The van der Waals surface area contributed by atoms with Crippen molar-refractivity contribution in [2.45, 2.75) is 26.3 Å². The molecule has 9 heteroatoms. The Morgan fingerprint density at radius 3 is 2.41 bits per heavy atom. The van der Waals surface area contributed by atoms with Crippen LogP contribution in [0.15, 0.2) is 36.4 Å². The smallest absolute Gasteiger partial charge is 0.248 e. The van der Waals surface area contributed by atoms with E-state index < -0.39 is 27.8 Å². The van der Waals surface area contributed by atoms with Crippen LogP contribution >= 0.6 is 23.2 Å². The van der Waals surface area contributed by atoms with Gasteiger partial charge in [-0.1, -0.05) is 30.1 Å². The highest BCUT2D eigenvalue weighted by atomic mass is 35.5. The molecule has 0 aromatic heterocycles. The number of sulfonamides is 1. The van der Waals surface area contributed by atoms with Gasteiger partial charge in [0.1, 0.15) is 11.9 Å². The Balaban J connectivity index is 2.42. The molecule has 1 atom stereocenters. The Bertz CT molecular complexity index is 967. The Labute approximate surface area is 168 Å². The average Bonchev–Trinajstić information content (AvgIpc) is 2.56. The van der Waals surface area contributed by atoms with Crippen molar-refractivity contribution in [1.82, 2.24) is 0 Å². The first-order chi connectivity index (χ1) is 12.5. The zero-order valence-electron chi connectivity index (χ0n) is 15.0. The zero-order chi connectivity index (χ0) is 20.4. The molecule has 0 aliphatic heterocycles. The van der Waals surface area contributed by atoms with E-state index in [9.17, 15) is 17.6 Å². The van der Waals surface area contributed by atoms with Crippen molar-refractivity contribution in [3.05, 3.63) is 57.8 Å². The van der Waals surface area contributed by atoms with Gasteiger partial charge in [0, 0.05) is 10.7 Å². The van der Waals surface area contributed by atoms with Crippen LogP contribution in [0.4, 0.5) is 15.8 Å². The van der Waals surface area contributed by atoms with Crippen molar-refractivity contribution in [2.75, 3.05) is 15.9 Å². The topological polar surface area (TPSA) is 66.5 Å². The summed E-state index contributed by atoms with van der Waals surface area (Å²) in [5.41, 5.74) is 1.37. The van der Waals surface area contributed by atoms with Crippen molar-refractivity contribution in [3.63, 3.8) is 0 Å². The molecule has 27 heavy (non-hydrogen) atoms. The molecule has 1 amide bonds. The minimum Gasteiger partial charge on any atom is -0.324 e. The molecule has 5 nitrogen and oxygen atoms in total. The quantitative estimate of drug-likeness (QED) is 0.723. The molecule has 1 N–H and O–H groups in total. The van der Waals surface area contributed by atoms with Crippen LogP contribution in [0.1, 0.15) is 18.9 Å². The summed E-state index contributed by atoms with van der Waals surface area (Å²) < 4.78 is 39.2. The number of amides is 1. The normalized spacial score (nSPS) is 12.5. The third kappa shape index (κ3) is 5.12. The lowest BCUT2D eigenvalue weighted by molar-refractivity contribution is -0.117. The molecule has 0 bridgehead atoms. The van der Waals surface area contributed by atoms with Crippen LogP contribution in [0.2, 0.25) is 10.0 Å². The van der Waals surface area contributed by atoms with E-state index in [0.29, 0.717) is 10.7 Å². The van der Waals surface area contributed by atoms with Gasteiger partial charge in [0.2, 0.25) is 15.9 Å². The highest BCUT2D eigenvalue weighted by molar-refractivity contribution is 7.92. The van der Waals surface area contributed by atoms with Gasteiger partial charge < -0.3 is 5.32 Å². The predicted octanol–water partition coefficient (Wildman–Crippen LogP) is 4.62. The maximum atomic E-state index is 13.5. The molecular formula is C18H19Cl2FN2O3S. The number of halogens is 3. The first-order valence-electron chi connectivity index (χ1n) is 8.06. The van der Waals surface area contributed by atoms with Crippen LogP contribution < -0.4 is 9.62 Å². The second-order valence-electron chi connectivity index (χ2n) is 6.03. The fourth-order valence-electron chi connectivity index (χ4n) is 2.67. The highest BCUT2D eigenvalue weighted by Crippen LogP contribution is 2.28. The first-order valence-corrected chi connectivity index (χ1v) is 10.7. The lowest BCUT2D eigenvalue weighted by atomic mass is 10.1. The fourth-order valence-corrected chi connectivity index (χ4v) is 4.27. The van der Waals surface area contributed by atoms with E-state index in [-0.39, 0.29) is 17.1 Å². The van der Waals surface area contributed by atoms with Crippen molar-refractivity contribution >= 4 is 50.5 Å². The van der Waals surface area contributed by atoms with Gasteiger partial charge in [0.05, 0.1) is 17.0 Å².